The van der Waals surface area contributed by atoms with Crippen LogP contribution in [0.1, 0.15) is 50.8 Å². The van der Waals surface area contributed by atoms with Gasteiger partial charge in [-0.25, -0.2) is 0 Å². The maximum Gasteiger partial charge on any atom is 0.260 e. The molecule has 0 bridgehead atoms. The van der Waals surface area contributed by atoms with E-state index in [-0.39, 0.29) is 18.1 Å². The van der Waals surface area contributed by atoms with Gasteiger partial charge in [0.25, 0.3) is 5.91 Å². The lowest BCUT2D eigenvalue weighted by Crippen LogP contribution is -2.40. The largest absolute Gasteiger partial charge is 0.481 e. The van der Waals surface area contributed by atoms with Crippen LogP contribution in [0.4, 0.5) is 0 Å². The summed E-state index contributed by atoms with van der Waals surface area (Å²) in [4.78, 5) is 11.9. The van der Waals surface area contributed by atoms with Gasteiger partial charge in [-0.15, -0.1) is 0 Å². The number of aliphatic hydroxyl groups is 1. The minimum atomic E-state index is -0.520. The summed E-state index contributed by atoms with van der Waals surface area (Å²) < 4.78 is 5.69. The second-order valence-corrected chi connectivity index (χ2v) is 5.49. The van der Waals surface area contributed by atoms with E-state index in [4.69, 9.17) is 4.74 Å². The average Bonchev–Trinajstić information content (AvgIpc) is 2.79. The average molecular weight is 277 g/mol. The molecule has 0 spiro atoms. The van der Waals surface area contributed by atoms with E-state index in [2.05, 4.69) is 5.32 Å². The van der Waals surface area contributed by atoms with Crippen LogP contribution in [-0.4, -0.2) is 23.2 Å². The molecule has 0 aromatic heterocycles. The van der Waals surface area contributed by atoms with Crippen LogP contribution in [0.2, 0.25) is 0 Å². The zero-order valence-corrected chi connectivity index (χ0v) is 12.3. The fourth-order valence-corrected chi connectivity index (χ4v) is 2.36. The molecule has 3 unspecified atom stereocenters. The molecule has 0 saturated carbocycles. The molecule has 0 heterocycles. The first-order chi connectivity index (χ1) is 9.51. The molecular formula is C16H23NO3. The van der Waals surface area contributed by atoms with Crippen LogP contribution < -0.4 is 10.1 Å². The summed E-state index contributed by atoms with van der Waals surface area (Å²) in [6, 6.07) is 5.80. The van der Waals surface area contributed by atoms with E-state index in [1.807, 2.05) is 32.0 Å². The number of benzene rings is 1. The molecule has 2 N–H and O–H groups in total. The molecule has 0 saturated heterocycles. The van der Waals surface area contributed by atoms with Gasteiger partial charge < -0.3 is 15.2 Å². The second-order valence-electron chi connectivity index (χ2n) is 5.49. The molecular weight excluding hydrogens is 254 g/mol. The Morgan fingerprint density at radius 3 is 2.95 bits per heavy atom. The molecule has 4 heteroatoms. The number of aliphatic hydroxyl groups excluding tert-OH is 1. The van der Waals surface area contributed by atoms with Crippen molar-refractivity contribution < 1.29 is 14.6 Å². The van der Waals surface area contributed by atoms with Crippen LogP contribution in [0, 0.1) is 0 Å². The van der Waals surface area contributed by atoms with Crippen molar-refractivity contribution >= 4 is 5.91 Å². The van der Waals surface area contributed by atoms with Gasteiger partial charge in [0, 0.05) is 6.04 Å². The van der Waals surface area contributed by atoms with Crippen LogP contribution in [0.3, 0.4) is 0 Å². The normalized spacial score (nSPS) is 20.1. The molecule has 0 aliphatic heterocycles. The predicted octanol–water partition coefficient (Wildman–Crippen LogP) is 2.35. The van der Waals surface area contributed by atoms with E-state index in [0.29, 0.717) is 5.75 Å². The number of carbonyl (C=O) groups excluding carboxylic acids is 1. The van der Waals surface area contributed by atoms with Crippen molar-refractivity contribution in [2.45, 2.75) is 58.3 Å². The number of nitrogens with one attached hydrogen (secondary N) is 1. The number of aryl methyl sites for hydroxylation is 1. The molecule has 3 atom stereocenters. The quantitative estimate of drug-likeness (QED) is 0.868. The minimum Gasteiger partial charge on any atom is -0.481 e. The molecule has 110 valence electrons. The van der Waals surface area contributed by atoms with Gasteiger partial charge in [-0.1, -0.05) is 13.0 Å². The number of ether oxygens (including phenoxy) is 1. The van der Waals surface area contributed by atoms with Crippen LogP contribution >= 0.6 is 0 Å². The van der Waals surface area contributed by atoms with Crippen molar-refractivity contribution in [2.24, 2.45) is 0 Å². The van der Waals surface area contributed by atoms with Crippen molar-refractivity contribution in [1.29, 1.82) is 0 Å². The third-order valence-corrected chi connectivity index (χ3v) is 3.84. The van der Waals surface area contributed by atoms with E-state index >= 15 is 0 Å². The van der Waals surface area contributed by atoms with Crippen molar-refractivity contribution in [2.75, 3.05) is 0 Å². The smallest absolute Gasteiger partial charge is 0.260 e. The first kappa shape index (κ1) is 14.9. The first-order valence-electron chi connectivity index (χ1n) is 7.29. The molecule has 1 amide bonds. The highest BCUT2D eigenvalue weighted by molar-refractivity contribution is 5.80. The van der Waals surface area contributed by atoms with Crippen LogP contribution in [0.25, 0.3) is 0 Å². The Bertz CT molecular complexity index is 487. The van der Waals surface area contributed by atoms with Gasteiger partial charge in [-0.3, -0.25) is 4.79 Å². The van der Waals surface area contributed by atoms with Crippen LogP contribution in [0.15, 0.2) is 18.2 Å². The van der Waals surface area contributed by atoms with Gasteiger partial charge in [0.15, 0.2) is 6.10 Å². The van der Waals surface area contributed by atoms with Gasteiger partial charge >= 0.3 is 0 Å². The highest BCUT2D eigenvalue weighted by Crippen LogP contribution is 2.33. The summed E-state index contributed by atoms with van der Waals surface area (Å²) in [5, 5.41) is 12.7. The number of carbonyl (C=O) groups is 1. The SMILES string of the molecule is CCC(C)NC(=O)C(C)Oc1ccc2c(c1)CCC2O. The molecule has 20 heavy (non-hydrogen) atoms. The maximum atomic E-state index is 11.9. The molecule has 1 aliphatic carbocycles. The first-order valence-corrected chi connectivity index (χ1v) is 7.29. The van der Waals surface area contributed by atoms with Gasteiger partial charge in [0.1, 0.15) is 5.75 Å². The zero-order chi connectivity index (χ0) is 14.7. The number of hydrogen-bond donors (Lipinski definition) is 2. The zero-order valence-electron chi connectivity index (χ0n) is 12.3. The Labute approximate surface area is 120 Å². The van der Waals surface area contributed by atoms with Crippen molar-refractivity contribution in [3.63, 3.8) is 0 Å². The van der Waals surface area contributed by atoms with Gasteiger partial charge in [-0.2, -0.15) is 0 Å². The molecule has 0 radical (unpaired) electrons. The lowest BCUT2D eigenvalue weighted by Gasteiger charge is -2.18. The van der Waals surface area contributed by atoms with Gasteiger partial charge in [-0.05, 0) is 56.4 Å². The fraction of sp³-hybridized carbons (Fsp3) is 0.562. The second kappa shape index (κ2) is 6.27. The fourth-order valence-electron chi connectivity index (χ4n) is 2.36. The lowest BCUT2D eigenvalue weighted by molar-refractivity contribution is -0.127. The van der Waals surface area contributed by atoms with E-state index in [9.17, 15) is 9.90 Å². The third-order valence-electron chi connectivity index (χ3n) is 3.84. The number of rotatable bonds is 5. The monoisotopic (exact) mass is 277 g/mol. The Hall–Kier alpha value is -1.55. The molecule has 2 rings (SSSR count). The van der Waals surface area contributed by atoms with E-state index in [1.165, 1.54) is 0 Å². The highest BCUT2D eigenvalue weighted by Gasteiger charge is 2.22. The Kier molecular flexibility index (Phi) is 4.65. The topological polar surface area (TPSA) is 58.6 Å². The number of hydrogen-bond acceptors (Lipinski definition) is 3. The Morgan fingerprint density at radius 1 is 1.50 bits per heavy atom. The third kappa shape index (κ3) is 3.31. The van der Waals surface area contributed by atoms with Crippen molar-refractivity contribution in [3.05, 3.63) is 29.3 Å². The summed E-state index contributed by atoms with van der Waals surface area (Å²) >= 11 is 0. The van der Waals surface area contributed by atoms with Crippen molar-refractivity contribution in [3.8, 4) is 5.75 Å². The summed E-state index contributed by atoms with van der Waals surface area (Å²) in [6.07, 6.45) is 1.65. The van der Waals surface area contributed by atoms with Gasteiger partial charge in [0.2, 0.25) is 0 Å². The number of fused-ring (bicyclic) bond motifs is 1. The summed E-state index contributed by atoms with van der Waals surface area (Å²) in [5.74, 6) is 0.588. The molecule has 1 aromatic carbocycles. The van der Waals surface area contributed by atoms with Crippen molar-refractivity contribution in [1.82, 2.24) is 5.32 Å². The lowest BCUT2D eigenvalue weighted by atomic mass is 10.1. The van der Waals surface area contributed by atoms with Crippen LogP contribution in [-0.2, 0) is 11.2 Å². The molecule has 4 nitrogen and oxygen atoms in total. The maximum absolute atomic E-state index is 11.9. The summed E-state index contributed by atoms with van der Waals surface area (Å²) in [5.41, 5.74) is 2.10. The van der Waals surface area contributed by atoms with Gasteiger partial charge in [0.05, 0.1) is 6.10 Å². The Balaban J connectivity index is 1.98. The molecule has 1 aliphatic rings. The highest BCUT2D eigenvalue weighted by atomic mass is 16.5. The van der Waals surface area contributed by atoms with E-state index in [0.717, 1.165) is 30.4 Å². The summed E-state index contributed by atoms with van der Waals surface area (Å²) in [7, 11) is 0. The van der Waals surface area contributed by atoms with E-state index < -0.39 is 6.10 Å². The minimum absolute atomic E-state index is 0.0973. The molecule has 1 aromatic rings. The standard InChI is InChI=1S/C16H23NO3/c1-4-10(2)17-16(19)11(3)20-13-6-7-14-12(9-13)5-8-15(14)18/h6-7,9-11,15,18H,4-5,8H2,1-3H3,(H,17,19). The predicted molar refractivity (Wildman–Crippen MR) is 77.7 cm³/mol. The molecule has 0 fully saturated rings. The number of amides is 1. The van der Waals surface area contributed by atoms with Crippen LogP contribution in [0.5, 0.6) is 5.75 Å². The summed E-state index contributed by atoms with van der Waals surface area (Å²) in [6.45, 7) is 5.75. The Morgan fingerprint density at radius 2 is 2.25 bits per heavy atom. The van der Waals surface area contributed by atoms with E-state index in [1.54, 1.807) is 6.92 Å².